The highest BCUT2D eigenvalue weighted by Gasteiger charge is 2.28. The number of fused-ring (bicyclic) bond motifs is 1. The Balaban J connectivity index is 1.78. The van der Waals surface area contributed by atoms with Crippen LogP contribution in [0.4, 0.5) is 0 Å². The molecule has 1 fully saturated rings. The SMILES string of the molecule is COc1cc(-c2cnc3[nH]cc(C(C=O)C4CCCCC4)c3n2)cc(OC)c1OC. The van der Waals surface area contributed by atoms with Crippen LogP contribution in [0.3, 0.4) is 0 Å². The number of methoxy groups -OCH3 is 3. The van der Waals surface area contributed by atoms with Crippen LogP contribution in [0.5, 0.6) is 17.2 Å². The maximum absolute atomic E-state index is 12.0. The van der Waals surface area contributed by atoms with E-state index in [2.05, 4.69) is 9.97 Å². The van der Waals surface area contributed by atoms with Crippen molar-refractivity contribution in [2.75, 3.05) is 21.3 Å². The van der Waals surface area contributed by atoms with Crippen molar-refractivity contribution in [1.29, 1.82) is 0 Å². The van der Waals surface area contributed by atoms with Crippen molar-refractivity contribution >= 4 is 17.5 Å². The number of nitrogens with one attached hydrogen (secondary N) is 1. The molecule has 1 unspecified atom stereocenters. The third-order valence-corrected chi connectivity index (χ3v) is 6.03. The van der Waals surface area contributed by atoms with Crippen LogP contribution >= 0.6 is 0 Å². The first-order chi connectivity index (χ1) is 14.7. The smallest absolute Gasteiger partial charge is 0.203 e. The molecule has 1 saturated carbocycles. The Bertz CT molecular complexity index is 1020. The predicted octanol–water partition coefficient (Wildman–Crippen LogP) is 4.51. The second-order valence-corrected chi connectivity index (χ2v) is 7.67. The summed E-state index contributed by atoms with van der Waals surface area (Å²) in [5.41, 5.74) is 3.82. The fraction of sp³-hybridized carbons (Fsp3) is 0.435. The second-order valence-electron chi connectivity index (χ2n) is 7.67. The van der Waals surface area contributed by atoms with Gasteiger partial charge in [0, 0.05) is 23.2 Å². The van der Waals surface area contributed by atoms with Gasteiger partial charge < -0.3 is 24.0 Å². The lowest BCUT2D eigenvalue weighted by Crippen LogP contribution is -2.17. The van der Waals surface area contributed by atoms with Gasteiger partial charge in [-0.3, -0.25) is 0 Å². The molecule has 0 aliphatic heterocycles. The van der Waals surface area contributed by atoms with Gasteiger partial charge in [0.2, 0.25) is 5.75 Å². The number of aldehydes is 1. The summed E-state index contributed by atoms with van der Waals surface area (Å²) in [5, 5.41) is 0. The van der Waals surface area contributed by atoms with Crippen molar-refractivity contribution in [2.24, 2.45) is 5.92 Å². The number of H-pyrrole nitrogens is 1. The van der Waals surface area contributed by atoms with E-state index in [1.165, 1.54) is 19.3 Å². The van der Waals surface area contributed by atoms with Crippen LogP contribution in [-0.4, -0.2) is 42.6 Å². The van der Waals surface area contributed by atoms with Crippen molar-refractivity contribution in [2.45, 2.75) is 38.0 Å². The number of carbonyl (C=O) groups excluding carboxylic acids is 1. The van der Waals surface area contributed by atoms with Gasteiger partial charge in [0.15, 0.2) is 17.1 Å². The highest BCUT2D eigenvalue weighted by molar-refractivity contribution is 5.83. The van der Waals surface area contributed by atoms with Gasteiger partial charge >= 0.3 is 0 Å². The van der Waals surface area contributed by atoms with Crippen LogP contribution in [0.25, 0.3) is 22.4 Å². The maximum atomic E-state index is 12.0. The highest BCUT2D eigenvalue weighted by atomic mass is 16.5. The lowest BCUT2D eigenvalue weighted by atomic mass is 9.78. The van der Waals surface area contributed by atoms with Gasteiger partial charge in [-0.25, -0.2) is 9.97 Å². The molecule has 1 aliphatic rings. The quantitative estimate of drug-likeness (QED) is 0.578. The number of hydrogen-bond donors (Lipinski definition) is 1. The molecule has 158 valence electrons. The Morgan fingerprint density at radius 2 is 1.77 bits per heavy atom. The molecular weight excluding hydrogens is 382 g/mol. The maximum Gasteiger partial charge on any atom is 0.203 e. The van der Waals surface area contributed by atoms with Gasteiger partial charge in [-0.05, 0) is 30.9 Å². The van der Waals surface area contributed by atoms with Crippen molar-refractivity contribution in [3.05, 3.63) is 30.1 Å². The normalized spacial score (nSPS) is 15.7. The predicted molar refractivity (Wildman–Crippen MR) is 114 cm³/mol. The molecule has 1 N–H and O–H groups in total. The van der Waals surface area contributed by atoms with E-state index in [1.807, 2.05) is 18.3 Å². The lowest BCUT2D eigenvalue weighted by molar-refractivity contribution is -0.110. The standard InChI is InChI=1S/C23H27N3O4/c1-28-19-9-15(10-20(29-2)22(19)30-3)18-12-25-23-21(26-18)16(11-24-23)17(13-27)14-7-5-4-6-8-14/h9-14,17H,4-8H2,1-3H3,(H,24,25). The van der Waals surface area contributed by atoms with Crippen molar-refractivity contribution in [3.8, 4) is 28.5 Å². The van der Waals surface area contributed by atoms with Gasteiger partial charge in [-0.2, -0.15) is 0 Å². The molecular formula is C23H27N3O4. The number of aromatic amines is 1. The Labute approximate surface area is 175 Å². The number of rotatable bonds is 7. The molecule has 0 saturated heterocycles. The third kappa shape index (κ3) is 3.60. The van der Waals surface area contributed by atoms with E-state index < -0.39 is 0 Å². The zero-order valence-electron chi connectivity index (χ0n) is 17.6. The summed E-state index contributed by atoms with van der Waals surface area (Å²) in [7, 11) is 4.74. The number of benzene rings is 1. The Morgan fingerprint density at radius 1 is 1.07 bits per heavy atom. The number of aromatic nitrogens is 3. The first-order valence-corrected chi connectivity index (χ1v) is 10.3. The van der Waals surface area contributed by atoms with E-state index in [4.69, 9.17) is 19.2 Å². The zero-order valence-corrected chi connectivity index (χ0v) is 17.6. The van der Waals surface area contributed by atoms with E-state index in [9.17, 15) is 4.79 Å². The molecule has 0 amide bonds. The third-order valence-electron chi connectivity index (χ3n) is 6.03. The molecule has 1 aliphatic carbocycles. The van der Waals surface area contributed by atoms with Gasteiger partial charge in [0.25, 0.3) is 0 Å². The first kappa shape index (κ1) is 20.2. The molecule has 30 heavy (non-hydrogen) atoms. The Kier molecular flexibility index (Phi) is 5.88. The summed E-state index contributed by atoms with van der Waals surface area (Å²) >= 11 is 0. The van der Waals surface area contributed by atoms with Crippen molar-refractivity contribution < 1.29 is 19.0 Å². The minimum Gasteiger partial charge on any atom is -0.493 e. The molecule has 1 aromatic carbocycles. The van der Waals surface area contributed by atoms with Gasteiger partial charge in [-0.1, -0.05) is 19.3 Å². The average Bonchev–Trinajstić information content (AvgIpc) is 3.22. The molecule has 0 spiro atoms. The summed E-state index contributed by atoms with van der Waals surface area (Å²) in [5.74, 6) is 1.83. The number of hydrogen-bond acceptors (Lipinski definition) is 6. The van der Waals surface area contributed by atoms with Crippen LogP contribution in [0.15, 0.2) is 24.5 Å². The lowest BCUT2D eigenvalue weighted by Gasteiger charge is -2.26. The molecule has 3 aromatic rings. The molecule has 1 atom stereocenters. The van der Waals surface area contributed by atoms with Crippen LogP contribution in [0.1, 0.15) is 43.6 Å². The molecule has 2 heterocycles. The van der Waals surface area contributed by atoms with Crippen molar-refractivity contribution in [1.82, 2.24) is 15.0 Å². The minimum atomic E-state index is -0.163. The van der Waals surface area contributed by atoms with Crippen LogP contribution in [-0.2, 0) is 4.79 Å². The average molecular weight is 409 g/mol. The molecule has 0 radical (unpaired) electrons. The van der Waals surface area contributed by atoms with E-state index in [0.717, 1.165) is 35.8 Å². The highest BCUT2D eigenvalue weighted by Crippen LogP contribution is 2.41. The molecule has 7 heteroatoms. The summed E-state index contributed by atoms with van der Waals surface area (Å²) in [6, 6.07) is 3.70. The Hall–Kier alpha value is -3.09. The summed E-state index contributed by atoms with van der Waals surface area (Å²) in [6.07, 6.45) is 10.4. The van der Waals surface area contributed by atoms with Crippen LogP contribution in [0, 0.1) is 5.92 Å². The molecule has 2 aromatic heterocycles. The molecule has 7 nitrogen and oxygen atoms in total. The van der Waals surface area contributed by atoms with E-state index in [0.29, 0.717) is 34.5 Å². The minimum absolute atomic E-state index is 0.163. The number of ether oxygens (including phenoxy) is 3. The van der Waals surface area contributed by atoms with Crippen LogP contribution in [0.2, 0.25) is 0 Å². The topological polar surface area (TPSA) is 86.3 Å². The van der Waals surface area contributed by atoms with Gasteiger partial charge in [0.05, 0.1) is 33.2 Å². The van der Waals surface area contributed by atoms with Crippen LogP contribution < -0.4 is 14.2 Å². The molecule has 4 rings (SSSR count). The second kappa shape index (κ2) is 8.73. The first-order valence-electron chi connectivity index (χ1n) is 10.3. The summed E-state index contributed by atoms with van der Waals surface area (Å²) < 4.78 is 16.3. The van der Waals surface area contributed by atoms with E-state index in [1.54, 1.807) is 27.5 Å². The summed E-state index contributed by atoms with van der Waals surface area (Å²) in [6.45, 7) is 0. The monoisotopic (exact) mass is 409 g/mol. The summed E-state index contributed by atoms with van der Waals surface area (Å²) in [4.78, 5) is 24.6. The largest absolute Gasteiger partial charge is 0.493 e. The fourth-order valence-corrected chi connectivity index (χ4v) is 4.46. The van der Waals surface area contributed by atoms with Gasteiger partial charge in [-0.15, -0.1) is 0 Å². The van der Waals surface area contributed by atoms with E-state index >= 15 is 0 Å². The number of carbonyl (C=O) groups is 1. The van der Waals surface area contributed by atoms with E-state index in [-0.39, 0.29) is 5.92 Å². The fourth-order valence-electron chi connectivity index (χ4n) is 4.46. The Morgan fingerprint density at radius 3 is 2.37 bits per heavy atom. The van der Waals surface area contributed by atoms with Gasteiger partial charge in [0.1, 0.15) is 11.8 Å². The number of nitrogens with zero attached hydrogens (tertiary/aromatic N) is 2. The van der Waals surface area contributed by atoms with Crippen molar-refractivity contribution in [3.63, 3.8) is 0 Å². The zero-order chi connectivity index (χ0) is 21.1. The molecule has 0 bridgehead atoms.